The predicted molar refractivity (Wildman–Crippen MR) is 69.4 cm³/mol. The number of rotatable bonds is 6. The van der Waals surface area contributed by atoms with Crippen LogP contribution < -0.4 is 5.45 Å². The van der Waals surface area contributed by atoms with Crippen LogP contribution in [-0.4, -0.2) is 49.6 Å². The third-order valence-electron chi connectivity index (χ3n) is 3.55. The molecule has 1 fully saturated rings. The Labute approximate surface area is 112 Å². The summed E-state index contributed by atoms with van der Waals surface area (Å²) in [5.41, 5.74) is 1.14. The Balaban J connectivity index is 1.58. The van der Waals surface area contributed by atoms with Crippen LogP contribution >= 0.6 is 0 Å². The van der Waals surface area contributed by atoms with Crippen LogP contribution in [0.25, 0.3) is 0 Å². The molecular formula is C10H17N8Si. The van der Waals surface area contributed by atoms with Gasteiger partial charge in [-0.05, 0) is 30.2 Å². The van der Waals surface area contributed by atoms with E-state index in [1.165, 1.54) is 12.1 Å². The van der Waals surface area contributed by atoms with E-state index in [1.54, 1.807) is 0 Å². The maximum atomic E-state index is 4.18. The van der Waals surface area contributed by atoms with Gasteiger partial charge in [0, 0.05) is 5.92 Å². The van der Waals surface area contributed by atoms with Crippen molar-refractivity contribution < 1.29 is 0 Å². The van der Waals surface area contributed by atoms with Crippen molar-refractivity contribution in [1.82, 2.24) is 40.8 Å². The van der Waals surface area contributed by atoms with E-state index in [9.17, 15) is 0 Å². The molecule has 9 heteroatoms. The van der Waals surface area contributed by atoms with E-state index in [4.69, 9.17) is 0 Å². The molecule has 2 unspecified atom stereocenters. The molecule has 1 aliphatic heterocycles. The summed E-state index contributed by atoms with van der Waals surface area (Å²) in [5.74, 6) is 1.08. The Morgan fingerprint density at radius 1 is 1.26 bits per heavy atom. The van der Waals surface area contributed by atoms with Crippen molar-refractivity contribution in [3.8, 4) is 0 Å². The lowest BCUT2D eigenvalue weighted by Crippen LogP contribution is -2.30. The van der Waals surface area contributed by atoms with Gasteiger partial charge < -0.3 is 0 Å². The van der Waals surface area contributed by atoms with Crippen LogP contribution in [0.5, 0.6) is 0 Å². The highest BCUT2D eigenvalue weighted by atomic mass is 28.3. The topological polar surface area (TPSA) is 98.1 Å². The van der Waals surface area contributed by atoms with Crippen LogP contribution in [0.3, 0.4) is 0 Å². The zero-order valence-corrected chi connectivity index (χ0v) is 12.1. The molecule has 0 spiro atoms. The number of hydrogen-bond donors (Lipinski definition) is 1. The van der Waals surface area contributed by atoms with Crippen LogP contribution in [0.4, 0.5) is 0 Å². The summed E-state index contributed by atoms with van der Waals surface area (Å²) < 4.78 is 2.02. The minimum atomic E-state index is -0.387. The van der Waals surface area contributed by atoms with E-state index in [0.29, 0.717) is 12.0 Å². The van der Waals surface area contributed by atoms with Crippen molar-refractivity contribution >= 4 is 14.2 Å². The molecule has 2 aromatic rings. The van der Waals surface area contributed by atoms with Crippen LogP contribution in [-0.2, 0) is 0 Å². The van der Waals surface area contributed by atoms with E-state index in [1.807, 2.05) is 4.68 Å². The zero-order valence-electron chi connectivity index (χ0n) is 11.1. The average molecular weight is 277 g/mol. The maximum Gasteiger partial charge on any atom is 0.177 e. The third kappa shape index (κ3) is 2.70. The molecule has 19 heavy (non-hydrogen) atoms. The number of aromatic amines is 1. The van der Waals surface area contributed by atoms with Gasteiger partial charge in [-0.1, -0.05) is 24.2 Å². The summed E-state index contributed by atoms with van der Waals surface area (Å²) >= 11 is 0. The van der Waals surface area contributed by atoms with Gasteiger partial charge in [-0.25, -0.2) is 4.68 Å². The summed E-state index contributed by atoms with van der Waals surface area (Å²) in [6.07, 6.45) is 2.02. The van der Waals surface area contributed by atoms with Crippen molar-refractivity contribution in [2.75, 3.05) is 0 Å². The smallest absolute Gasteiger partial charge is 0.177 e. The highest BCUT2D eigenvalue weighted by Crippen LogP contribution is 2.23. The molecule has 2 aromatic heterocycles. The number of nitrogens with one attached hydrogen (secondary N) is 1. The number of aromatic nitrogens is 8. The van der Waals surface area contributed by atoms with E-state index in [2.05, 4.69) is 50.0 Å². The Morgan fingerprint density at radius 3 is 2.79 bits per heavy atom. The number of nitrogens with zero attached hydrogens (tertiary/aromatic N) is 7. The van der Waals surface area contributed by atoms with E-state index in [-0.39, 0.29) is 8.80 Å². The van der Waals surface area contributed by atoms with Gasteiger partial charge in [0.05, 0.1) is 6.04 Å². The first-order valence-electron chi connectivity index (χ1n) is 6.62. The van der Waals surface area contributed by atoms with Crippen molar-refractivity contribution in [3.63, 3.8) is 0 Å². The fourth-order valence-corrected chi connectivity index (χ4v) is 3.85. The molecule has 1 aliphatic rings. The lowest BCUT2D eigenvalue weighted by molar-refractivity contribution is 0.424. The molecule has 0 saturated carbocycles. The highest BCUT2D eigenvalue weighted by molar-refractivity contribution is 6.81. The number of H-pyrrole nitrogens is 1. The van der Waals surface area contributed by atoms with Gasteiger partial charge in [-0.2, -0.15) is 5.21 Å². The summed E-state index contributed by atoms with van der Waals surface area (Å²) in [4.78, 5) is 0. The monoisotopic (exact) mass is 277 g/mol. The maximum absolute atomic E-state index is 4.18. The molecule has 3 rings (SSSR count). The SMILES string of the molecule is CC(CCC(C)n1nnnc1[Si]1CC1)c1nn[nH]n1. The predicted octanol–water partition coefficient (Wildman–Crippen LogP) is 0.0465. The van der Waals surface area contributed by atoms with Gasteiger partial charge in [0.25, 0.3) is 0 Å². The lowest BCUT2D eigenvalue weighted by Gasteiger charge is -2.14. The average Bonchev–Trinajstić information content (AvgIpc) is 2.96. The Morgan fingerprint density at radius 2 is 2.11 bits per heavy atom. The quantitative estimate of drug-likeness (QED) is 0.749. The van der Waals surface area contributed by atoms with Crippen LogP contribution in [0.15, 0.2) is 0 Å². The lowest BCUT2D eigenvalue weighted by atomic mass is 10.0. The highest BCUT2D eigenvalue weighted by Gasteiger charge is 2.33. The molecule has 0 aromatic carbocycles. The normalized spacial score (nSPS) is 18.4. The van der Waals surface area contributed by atoms with Gasteiger partial charge >= 0.3 is 0 Å². The van der Waals surface area contributed by atoms with Gasteiger partial charge in [-0.15, -0.1) is 15.3 Å². The molecule has 3 heterocycles. The van der Waals surface area contributed by atoms with E-state index < -0.39 is 0 Å². The first-order valence-corrected chi connectivity index (χ1v) is 8.53. The summed E-state index contributed by atoms with van der Waals surface area (Å²) in [6.45, 7) is 4.29. The number of tetrazole rings is 2. The van der Waals surface area contributed by atoms with Gasteiger partial charge in [-0.3, -0.25) is 0 Å². The Bertz CT molecular complexity index is 519. The molecule has 1 saturated heterocycles. The van der Waals surface area contributed by atoms with E-state index in [0.717, 1.165) is 24.1 Å². The summed E-state index contributed by atoms with van der Waals surface area (Å²) in [6, 6.07) is 2.96. The van der Waals surface area contributed by atoms with Gasteiger partial charge in [0.15, 0.2) is 5.82 Å². The van der Waals surface area contributed by atoms with E-state index >= 15 is 0 Å². The number of hydrogen-bond acceptors (Lipinski definition) is 6. The van der Waals surface area contributed by atoms with Crippen LogP contribution in [0, 0.1) is 0 Å². The summed E-state index contributed by atoms with van der Waals surface area (Å²) in [7, 11) is -0.387. The minimum Gasteiger partial charge on any atom is -0.232 e. The third-order valence-corrected chi connectivity index (χ3v) is 5.51. The van der Waals surface area contributed by atoms with Crippen molar-refractivity contribution in [2.45, 2.75) is 50.7 Å². The molecule has 0 amide bonds. The second-order valence-electron chi connectivity index (χ2n) is 5.15. The van der Waals surface area contributed by atoms with Gasteiger partial charge in [0.2, 0.25) is 0 Å². The standard InChI is InChI=1S/C10H17N8Si/c1-7(9-11-14-15-12-9)3-4-8(2)18-10(13-16-17-18)19-5-6-19/h7-8H,3-6H2,1-2H3,(H,11,12,14,15). The van der Waals surface area contributed by atoms with Crippen LogP contribution in [0.2, 0.25) is 12.1 Å². The van der Waals surface area contributed by atoms with Gasteiger partial charge in [0.1, 0.15) is 14.2 Å². The van der Waals surface area contributed by atoms with Crippen molar-refractivity contribution in [2.24, 2.45) is 0 Å². The molecule has 2 atom stereocenters. The second-order valence-corrected chi connectivity index (χ2v) is 7.80. The molecule has 8 nitrogen and oxygen atoms in total. The molecule has 0 bridgehead atoms. The zero-order chi connectivity index (χ0) is 13.2. The Kier molecular flexibility index (Phi) is 3.36. The molecular weight excluding hydrogens is 260 g/mol. The largest absolute Gasteiger partial charge is 0.232 e. The van der Waals surface area contributed by atoms with Crippen LogP contribution in [0.1, 0.15) is 44.5 Å². The first kappa shape index (κ1) is 12.4. The molecule has 1 N–H and O–H groups in total. The minimum absolute atomic E-state index is 0.302. The molecule has 1 radical (unpaired) electrons. The molecule has 0 aliphatic carbocycles. The Hall–Kier alpha value is -1.64. The van der Waals surface area contributed by atoms with Crippen molar-refractivity contribution in [1.29, 1.82) is 0 Å². The second kappa shape index (κ2) is 5.15. The fraction of sp³-hybridized carbons (Fsp3) is 0.800. The van der Waals surface area contributed by atoms with Crippen molar-refractivity contribution in [3.05, 3.63) is 5.82 Å². The summed E-state index contributed by atoms with van der Waals surface area (Å²) in [5, 5.41) is 26.3. The fourth-order valence-electron chi connectivity index (χ4n) is 2.13. The molecule has 101 valence electrons. The first-order chi connectivity index (χ1) is 9.25.